The summed E-state index contributed by atoms with van der Waals surface area (Å²) in [4.78, 5) is 2.43. The Morgan fingerprint density at radius 1 is 0.828 bits per heavy atom. The summed E-state index contributed by atoms with van der Waals surface area (Å²) in [5.41, 5.74) is 5.06. The molecule has 0 bridgehead atoms. The van der Waals surface area contributed by atoms with Crippen LogP contribution >= 0.6 is 0 Å². The van der Waals surface area contributed by atoms with Crippen molar-refractivity contribution in [3.8, 4) is 5.75 Å². The second kappa shape index (κ2) is 9.11. The summed E-state index contributed by atoms with van der Waals surface area (Å²) in [6.07, 6.45) is 2.21. The summed E-state index contributed by atoms with van der Waals surface area (Å²) >= 11 is 0. The molecule has 0 saturated heterocycles. The van der Waals surface area contributed by atoms with Crippen molar-refractivity contribution in [3.63, 3.8) is 0 Å². The predicted octanol–water partition coefficient (Wildman–Crippen LogP) is 7.36. The van der Waals surface area contributed by atoms with E-state index < -0.39 is 0 Å². The molecule has 0 heterocycles. The van der Waals surface area contributed by atoms with Crippen LogP contribution in [-0.2, 0) is 10.8 Å². The van der Waals surface area contributed by atoms with Crippen molar-refractivity contribution in [2.24, 2.45) is 0 Å². The minimum absolute atomic E-state index is 0.000104. The Labute approximate surface area is 178 Å². The van der Waals surface area contributed by atoms with E-state index in [9.17, 15) is 5.11 Å². The van der Waals surface area contributed by atoms with Crippen molar-refractivity contribution in [1.82, 2.24) is 0 Å². The van der Waals surface area contributed by atoms with Gasteiger partial charge in [0.1, 0.15) is 5.75 Å². The van der Waals surface area contributed by atoms with Gasteiger partial charge in [0, 0.05) is 18.7 Å². The van der Waals surface area contributed by atoms with Crippen molar-refractivity contribution >= 4 is 17.1 Å². The lowest BCUT2D eigenvalue weighted by molar-refractivity contribution is 0.447. The lowest BCUT2D eigenvalue weighted by Gasteiger charge is -2.29. The molecule has 0 fully saturated rings. The Hall–Kier alpha value is -2.16. The van der Waals surface area contributed by atoms with Gasteiger partial charge in [0.05, 0.1) is 17.1 Å². The van der Waals surface area contributed by atoms with Gasteiger partial charge in [-0.1, -0.05) is 73.6 Å². The minimum atomic E-state index is -0.141. The molecular weight excluding hydrogens is 356 g/mol. The van der Waals surface area contributed by atoms with Gasteiger partial charge in [0.15, 0.2) is 0 Å². The fourth-order valence-corrected chi connectivity index (χ4v) is 3.63. The summed E-state index contributed by atoms with van der Waals surface area (Å²) in [6.45, 7) is 19.6. The van der Waals surface area contributed by atoms with Crippen LogP contribution in [0.5, 0.6) is 5.75 Å². The first-order valence-electron chi connectivity index (χ1n) is 11.0. The Morgan fingerprint density at radius 3 is 1.93 bits per heavy atom. The average molecular weight is 397 g/mol. The molecule has 29 heavy (non-hydrogen) atoms. The Kier molecular flexibility index (Phi) is 7.26. The maximum absolute atomic E-state index is 11.1. The van der Waals surface area contributed by atoms with Crippen molar-refractivity contribution in [2.75, 3.05) is 23.3 Å². The number of para-hydroxylation sites is 2. The molecule has 160 valence electrons. The third kappa shape index (κ3) is 5.68. The Balaban J connectivity index is 2.57. The molecule has 0 aliphatic rings. The monoisotopic (exact) mass is 396 g/mol. The van der Waals surface area contributed by atoms with Gasteiger partial charge >= 0.3 is 0 Å². The molecule has 0 aromatic heterocycles. The molecule has 0 radical (unpaired) electrons. The largest absolute Gasteiger partial charge is 0.505 e. The van der Waals surface area contributed by atoms with E-state index in [-0.39, 0.29) is 10.8 Å². The fraction of sp³-hybridized carbons (Fsp3) is 0.538. The van der Waals surface area contributed by atoms with Crippen molar-refractivity contribution in [2.45, 2.75) is 79.1 Å². The van der Waals surface area contributed by atoms with Gasteiger partial charge < -0.3 is 15.3 Å². The molecule has 0 saturated carbocycles. The van der Waals surface area contributed by atoms with E-state index in [0.29, 0.717) is 5.75 Å². The van der Waals surface area contributed by atoms with Crippen LogP contribution in [-0.4, -0.2) is 18.2 Å². The van der Waals surface area contributed by atoms with E-state index in [1.165, 1.54) is 11.3 Å². The van der Waals surface area contributed by atoms with E-state index in [1.54, 1.807) is 0 Å². The standard InChI is InChI=1S/C26H40N2O/c1-9-15-28(16-10-2)23-14-12-11-13-21(23)27-22-18-19(25(3,4)5)17-20(24(22)29)26(6,7)8/h11-14,17-18,27,29H,9-10,15-16H2,1-8H3. The highest BCUT2D eigenvalue weighted by molar-refractivity contribution is 5.79. The Bertz CT molecular complexity index is 806. The molecule has 2 rings (SSSR count). The predicted molar refractivity (Wildman–Crippen MR) is 128 cm³/mol. The van der Waals surface area contributed by atoms with E-state index in [1.807, 2.05) is 0 Å². The quantitative estimate of drug-likeness (QED) is 0.480. The van der Waals surface area contributed by atoms with Gasteiger partial charge in [-0.05, 0) is 47.4 Å². The molecular formula is C26H40N2O. The fourth-order valence-electron chi connectivity index (χ4n) is 3.63. The summed E-state index contributed by atoms with van der Waals surface area (Å²) in [5.74, 6) is 0.345. The van der Waals surface area contributed by atoms with Gasteiger partial charge in [-0.15, -0.1) is 0 Å². The number of phenols is 1. The number of nitrogens with one attached hydrogen (secondary N) is 1. The van der Waals surface area contributed by atoms with Crippen LogP contribution in [0.2, 0.25) is 0 Å². The van der Waals surface area contributed by atoms with E-state index >= 15 is 0 Å². The molecule has 0 atom stereocenters. The zero-order chi connectivity index (χ0) is 21.8. The molecule has 0 aliphatic heterocycles. The van der Waals surface area contributed by atoms with Crippen molar-refractivity contribution in [3.05, 3.63) is 47.5 Å². The highest BCUT2D eigenvalue weighted by Gasteiger charge is 2.25. The third-order valence-electron chi connectivity index (χ3n) is 5.29. The molecule has 2 N–H and O–H groups in total. The number of benzene rings is 2. The summed E-state index contributed by atoms with van der Waals surface area (Å²) in [7, 11) is 0. The van der Waals surface area contributed by atoms with Crippen LogP contribution in [0.1, 0.15) is 79.4 Å². The van der Waals surface area contributed by atoms with Crippen LogP contribution in [0.25, 0.3) is 0 Å². The summed E-state index contributed by atoms with van der Waals surface area (Å²) in [5, 5.41) is 14.7. The van der Waals surface area contributed by atoms with Crippen LogP contribution in [0, 0.1) is 0 Å². The second-order valence-electron chi connectivity index (χ2n) is 10.0. The first-order chi connectivity index (χ1) is 13.5. The van der Waals surface area contributed by atoms with Crippen LogP contribution in [0.3, 0.4) is 0 Å². The highest BCUT2D eigenvalue weighted by atomic mass is 16.3. The topological polar surface area (TPSA) is 35.5 Å². The molecule has 0 unspecified atom stereocenters. The number of hydrogen-bond donors (Lipinski definition) is 2. The van der Waals surface area contributed by atoms with Crippen LogP contribution < -0.4 is 10.2 Å². The van der Waals surface area contributed by atoms with Crippen molar-refractivity contribution < 1.29 is 5.11 Å². The SMILES string of the molecule is CCCN(CCC)c1ccccc1Nc1cc(C(C)(C)C)cc(C(C)(C)C)c1O. The molecule has 2 aromatic carbocycles. The normalized spacial score (nSPS) is 12.1. The van der Waals surface area contributed by atoms with E-state index in [4.69, 9.17) is 0 Å². The highest BCUT2D eigenvalue weighted by Crippen LogP contribution is 2.42. The van der Waals surface area contributed by atoms with Gasteiger partial charge in [-0.25, -0.2) is 0 Å². The number of anilines is 3. The first-order valence-corrected chi connectivity index (χ1v) is 11.0. The molecule has 0 amide bonds. The summed E-state index contributed by atoms with van der Waals surface area (Å²) < 4.78 is 0. The minimum Gasteiger partial charge on any atom is -0.505 e. The number of aromatic hydroxyl groups is 1. The smallest absolute Gasteiger partial charge is 0.142 e. The maximum atomic E-state index is 11.1. The molecule has 2 aromatic rings. The number of rotatable bonds is 7. The molecule has 3 nitrogen and oxygen atoms in total. The van der Waals surface area contributed by atoms with Crippen LogP contribution in [0.4, 0.5) is 17.1 Å². The third-order valence-corrected chi connectivity index (χ3v) is 5.29. The number of nitrogens with zero attached hydrogens (tertiary/aromatic N) is 1. The molecule has 0 spiro atoms. The second-order valence-corrected chi connectivity index (χ2v) is 10.0. The average Bonchev–Trinajstić information content (AvgIpc) is 2.62. The van der Waals surface area contributed by atoms with Gasteiger partial charge in [0.25, 0.3) is 0 Å². The Morgan fingerprint density at radius 2 is 1.41 bits per heavy atom. The van der Waals surface area contributed by atoms with E-state index in [0.717, 1.165) is 42.9 Å². The zero-order valence-electron chi connectivity index (χ0n) is 19.7. The lowest BCUT2D eigenvalue weighted by atomic mass is 9.79. The van der Waals surface area contributed by atoms with Gasteiger partial charge in [-0.2, -0.15) is 0 Å². The number of hydrogen-bond acceptors (Lipinski definition) is 3. The van der Waals surface area contributed by atoms with Crippen LogP contribution in [0.15, 0.2) is 36.4 Å². The molecule has 3 heteroatoms. The lowest BCUT2D eigenvalue weighted by Crippen LogP contribution is -2.25. The number of phenolic OH excluding ortho intramolecular Hbond substituents is 1. The van der Waals surface area contributed by atoms with E-state index in [2.05, 4.69) is 102 Å². The van der Waals surface area contributed by atoms with Gasteiger partial charge in [-0.3, -0.25) is 0 Å². The van der Waals surface area contributed by atoms with Gasteiger partial charge in [0.2, 0.25) is 0 Å². The maximum Gasteiger partial charge on any atom is 0.142 e. The first kappa shape index (κ1) is 23.1. The van der Waals surface area contributed by atoms with Crippen molar-refractivity contribution in [1.29, 1.82) is 0 Å². The molecule has 0 aliphatic carbocycles. The summed E-state index contributed by atoms with van der Waals surface area (Å²) in [6, 6.07) is 12.7. The zero-order valence-corrected chi connectivity index (χ0v) is 19.7.